The summed E-state index contributed by atoms with van der Waals surface area (Å²) in [6, 6.07) is 0. The lowest BCUT2D eigenvalue weighted by molar-refractivity contribution is 0.377. The van der Waals surface area contributed by atoms with E-state index in [1.165, 1.54) is 30.4 Å². The average Bonchev–Trinajstić information content (AvgIpc) is 2.26. The molecule has 1 aliphatic rings. The molecule has 0 saturated carbocycles. The van der Waals surface area contributed by atoms with Gasteiger partial charge >= 0.3 is 0 Å². The van der Waals surface area contributed by atoms with Gasteiger partial charge in [0.05, 0.1) is 0 Å². The van der Waals surface area contributed by atoms with Gasteiger partial charge < -0.3 is 0 Å². The van der Waals surface area contributed by atoms with E-state index >= 15 is 0 Å². The fourth-order valence-electron chi connectivity index (χ4n) is 2.62. The van der Waals surface area contributed by atoms with Gasteiger partial charge in [-0.25, -0.2) is 0 Å². The van der Waals surface area contributed by atoms with Crippen molar-refractivity contribution in [3.63, 3.8) is 0 Å². The highest BCUT2D eigenvalue weighted by molar-refractivity contribution is 7.80. The number of hydrogen-bond donors (Lipinski definition) is 0. The predicted octanol–water partition coefficient (Wildman–Crippen LogP) is 5.96. The molecule has 1 heteroatoms. The molecule has 19 heavy (non-hydrogen) atoms. The Morgan fingerprint density at radius 3 is 2.47 bits per heavy atom. The van der Waals surface area contributed by atoms with Gasteiger partial charge in [-0.3, -0.25) is 0 Å². The topological polar surface area (TPSA) is 0 Å². The highest BCUT2D eigenvalue weighted by Gasteiger charge is 2.26. The monoisotopic (exact) mass is 274 g/mol. The van der Waals surface area contributed by atoms with Crippen molar-refractivity contribution in [3.05, 3.63) is 47.1 Å². The molecule has 0 aromatic carbocycles. The third-order valence-corrected chi connectivity index (χ3v) is 3.88. The van der Waals surface area contributed by atoms with Gasteiger partial charge in [0, 0.05) is 4.86 Å². The molecule has 0 radical (unpaired) electrons. The van der Waals surface area contributed by atoms with Crippen LogP contribution in [0.5, 0.6) is 0 Å². The van der Waals surface area contributed by atoms with E-state index in [1.807, 2.05) is 19.1 Å². The largest absolute Gasteiger partial charge is 0.0852 e. The summed E-state index contributed by atoms with van der Waals surface area (Å²) < 4.78 is 0. The number of allylic oxidation sites excluding steroid dienone is 8. The van der Waals surface area contributed by atoms with Crippen LogP contribution in [0, 0.1) is 5.41 Å². The minimum atomic E-state index is 0.319. The summed E-state index contributed by atoms with van der Waals surface area (Å²) in [5.74, 6) is 0. The summed E-state index contributed by atoms with van der Waals surface area (Å²) in [5, 5.41) is 0. The van der Waals surface area contributed by atoms with Crippen molar-refractivity contribution in [3.8, 4) is 0 Å². The van der Waals surface area contributed by atoms with Crippen LogP contribution in [-0.2, 0) is 0 Å². The molecule has 0 bridgehead atoms. The molecule has 0 aliphatic heterocycles. The highest BCUT2D eigenvalue weighted by atomic mass is 32.1. The van der Waals surface area contributed by atoms with Crippen LogP contribution < -0.4 is 0 Å². The maximum Gasteiger partial charge on any atom is 0.0121 e. The number of thiocarbonyl (C=S) groups is 1. The van der Waals surface area contributed by atoms with Crippen molar-refractivity contribution in [1.29, 1.82) is 0 Å². The van der Waals surface area contributed by atoms with E-state index in [1.54, 1.807) is 5.57 Å². The smallest absolute Gasteiger partial charge is 0.0121 e. The quantitative estimate of drug-likeness (QED) is 0.346. The second-order valence-corrected chi connectivity index (χ2v) is 6.79. The maximum atomic E-state index is 5.02. The second-order valence-electron chi connectivity index (χ2n) is 6.15. The molecule has 0 atom stereocenters. The molecular weight excluding hydrogens is 248 g/mol. The predicted molar refractivity (Wildman–Crippen MR) is 90.6 cm³/mol. The van der Waals surface area contributed by atoms with E-state index in [2.05, 4.69) is 45.9 Å². The SMILES string of the molecule is CC(=S)/C=C/C=C(C)/C=C/C1=C(C)CCCC1(C)C. The van der Waals surface area contributed by atoms with Crippen LogP contribution >= 0.6 is 12.2 Å². The first kappa shape index (κ1) is 16.1. The van der Waals surface area contributed by atoms with Gasteiger partial charge in [0.25, 0.3) is 0 Å². The third-order valence-electron chi connectivity index (χ3n) is 3.75. The molecule has 0 aromatic rings. The first-order valence-corrected chi connectivity index (χ1v) is 7.47. The summed E-state index contributed by atoms with van der Waals surface area (Å²) in [4.78, 5) is 0.917. The van der Waals surface area contributed by atoms with Gasteiger partial charge in [0.2, 0.25) is 0 Å². The van der Waals surface area contributed by atoms with Crippen LogP contribution in [-0.4, -0.2) is 4.86 Å². The zero-order valence-corrected chi connectivity index (χ0v) is 13.7. The van der Waals surface area contributed by atoms with Gasteiger partial charge in [-0.2, -0.15) is 0 Å². The molecule has 0 unspecified atom stereocenters. The lowest BCUT2D eigenvalue weighted by Gasteiger charge is -2.32. The highest BCUT2D eigenvalue weighted by Crippen LogP contribution is 2.40. The van der Waals surface area contributed by atoms with E-state index in [-0.39, 0.29) is 0 Å². The lowest BCUT2D eigenvalue weighted by Crippen LogP contribution is -2.19. The van der Waals surface area contributed by atoms with Crippen LogP contribution in [0.2, 0.25) is 0 Å². The number of hydrogen-bond acceptors (Lipinski definition) is 1. The van der Waals surface area contributed by atoms with Gasteiger partial charge in [0.15, 0.2) is 0 Å². The lowest BCUT2D eigenvalue weighted by atomic mass is 9.72. The summed E-state index contributed by atoms with van der Waals surface area (Å²) in [6.45, 7) is 11.0. The number of rotatable bonds is 4. The molecule has 0 amide bonds. The minimum Gasteiger partial charge on any atom is -0.0852 e. The molecule has 0 nitrogen and oxygen atoms in total. The van der Waals surface area contributed by atoms with Crippen molar-refractivity contribution >= 4 is 17.1 Å². The Bertz CT molecular complexity index is 456. The van der Waals surface area contributed by atoms with Crippen LogP contribution in [0.25, 0.3) is 0 Å². The van der Waals surface area contributed by atoms with Gasteiger partial charge in [-0.15, -0.1) is 0 Å². The molecule has 0 aromatic heterocycles. The Morgan fingerprint density at radius 2 is 1.89 bits per heavy atom. The Morgan fingerprint density at radius 1 is 1.21 bits per heavy atom. The molecule has 0 N–H and O–H groups in total. The van der Waals surface area contributed by atoms with Crippen LogP contribution in [0.15, 0.2) is 47.1 Å². The maximum absolute atomic E-state index is 5.02. The standard InChI is InChI=1S/C18H26S/c1-14(8-6-10-16(3)19)11-12-17-15(2)9-7-13-18(17,4)5/h6,8,10-12H,7,9,13H2,1-5H3/b10-6+,12-11+,14-8+. The summed E-state index contributed by atoms with van der Waals surface area (Å²) in [5.41, 5.74) is 4.64. The molecule has 1 aliphatic carbocycles. The molecule has 0 fully saturated rings. The zero-order valence-electron chi connectivity index (χ0n) is 12.9. The van der Waals surface area contributed by atoms with Gasteiger partial charge in [-0.1, -0.05) is 61.5 Å². The van der Waals surface area contributed by atoms with Crippen molar-refractivity contribution in [2.75, 3.05) is 0 Å². The van der Waals surface area contributed by atoms with E-state index in [4.69, 9.17) is 12.2 Å². The van der Waals surface area contributed by atoms with E-state index < -0.39 is 0 Å². The second kappa shape index (κ2) is 7.00. The van der Waals surface area contributed by atoms with Crippen LogP contribution in [0.1, 0.15) is 53.9 Å². The molecule has 0 heterocycles. The fraction of sp³-hybridized carbons (Fsp3) is 0.500. The molecular formula is C18H26S. The van der Waals surface area contributed by atoms with E-state index in [0.29, 0.717) is 5.41 Å². The average molecular weight is 274 g/mol. The van der Waals surface area contributed by atoms with Crippen molar-refractivity contribution in [2.45, 2.75) is 53.9 Å². The van der Waals surface area contributed by atoms with Crippen LogP contribution in [0.3, 0.4) is 0 Å². The Hall–Kier alpha value is -0.950. The third kappa shape index (κ3) is 5.28. The molecule has 0 spiro atoms. The molecule has 104 valence electrons. The van der Waals surface area contributed by atoms with Crippen LogP contribution in [0.4, 0.5) is 0 Å². The van der Waals surface area contributed by atoms with Gasteiger partial charge in [0.1, 0.15) is 0 Å². The Labute approximate surface area is 124 Å². The minimum absolute atomic E-state index is 0.319. The van der Waals surface area contributed by atoms with Crippen molar-refractivity contribution in [2.24, 2.45) is 5.41 Å². The van der Waals surface area contributed by atoms with E-state index in [9.17, 15) is 0 Å². The fourth-order valence-corrected chi connectivity index (χ4v) is 2.69. The molecule has 0 saturated heterocycles. The van der Waals surface area contributed by atoms with Gasteiger partial charge in [-0.05, 0) is 57.1 Å². The normalized spacial score (nSPS) is 20.6. The Balaban J connectivity index is 2.83. The summed E-state index contributed by atoms with van der Waals surface area (Å²) >= 11 is 5.02. The summed E-state index contributed by atoms with van der Waals surface area (Å²) in [6.07, 6.45) is 14.5. The molecule has 1 rings (SSSR count). The summed E-state index contributed by atoms with van der Waals surface area (Å²) in [7, 11) is 0. The van der Waals surface area contributed by atoms with Crippen molar-refractivity contribution in [1.82, 2.24) is 0 Å². The zero-order chi connectivity index (χ0) is 14.5. The van der Waals surface area contributed by atoms with Crippen molar-refractivity contribution < 1.29 is 0 Å². The first-order valence-electron chi connectivity index (χ1n) is 7.07. The van der Waals surface area contributed by atoms with E-state index in [0.717, 1.165) is 4.86 Å². The first-order chi connectivity index (χ1) is 8.83. The Kier molecular flexibility index (Phi) is 5.93.